The highest BCUT2D eigenvalue weighted by Gasteiger charge is 2.44. The largest absolute Gasteiger partial charge is 0.340 e. The molecule has 1 saturated heterocycles. The Hall–Kier alpha value is -0.610. The second-order valence-corrected chi connectivity index (χ2v) is 9.80. The Labute approximate surface area is 152 Å². The van der Waals surface area contributed by atoms with E-state index in [-0.39, 0.29) is 5.92 Å². The molecule has 1 amide bonds. The number of hydrogen-bond donors (Lipinski definition) is 1. The number of fused-ring (bicyclic) bond motifs is 4. The molecule has 5 atom stereocenters. The third kappa shape index (κ3) is 2.93. The van der Waals surface area contributed by atoms with Crippen molar-refractivity contribution in [1.82, 2.24) is 9.80 Å². The van der Waals surface area contributed by atoms with E-state index in [0.717, 1.165) is 56.9 Å². The molecular weight excluding hydrogens is 310 g/mol. The van der Waals surface area contributed by atoms with E-state index in [0.29, 0.717) is 23.8 Å². The Bertz CT molecular complexity index is 501. The SMILES string of the molecule is NC1C2CCCC1CC(C(=O)N1CCN(C3CC4CCC3C4)CC1)C2. The van der Waals surface area contributed by atoms with E-state index in [1.165, 1.54) is 44.9 Å². The van der Waals surface area contributed by atoms with Crippen molar-refractivity contribution in [2.75, 3.05) is 26.2 Å². The van der Waals surface area contributed by atoms with Crippen LogP contribution >= 0.6 is 0 Å². The van der Waals surface area contributed by atoms with E-state index in [4.69, 9.17) is 5.73 Å². The van der Waals surface area contributed by atoms with Crippen molar-refractivity contribution in [2.45, 2.75) is 69.9 Å². The van der Waals surface area contributed by atoms with Crippen molar-refractivity contribution in [3.8, 4) is 0 Å². The van der Waals surface area contributed by atoms with E-state index in [2.05, 4.69) is 9.80 Å². The molecule has 4 nitrogen and oxygen atoms in total. The molecule has 140 valence electrons. The first-order valence-electron chi connectivity index (χ1n) is 11.0. The van der Waals surface area contributed by atoms with Crippen molar-refractivity contribution >= 4 is 5.91 Å². The van der Waals surface area contributed by atoms with Gasteiger partial charge in [0.2, 0.25) is 5.91 Å². The van der Waals surface area contributed by atoms with E-state index in [1.807, 2.05) is 0 Å². The highest BCUT2D eigenvalue weighted by molar-refractivity contribution is 5.79. The fourth-order valence-electron chi connectivity index (χ4n) is 7.18. The molecule has 2 N–H and O–H groups in total. The maximum absolute atomic E-state index is 13.1. The molecule has 0 aromatic heterocycles. The first-order valence-corrected chi connectivity index (χ1v) is 11.0. The van der Waals surface area contributed by atoms with Gasteiger partial charge in [0.05, 0.1) is 0 Å². The Kier molecular flexibility index (Phi) is 4.32. The molecule has 25 heavy (non-hydrogen) atoms. The average Bonchev–Trinajstić information content (AvgIpc) is 3.24. The van der Waals surface area contributed by atoms with E-state index in [1.54, 1.807) is 0 Å². The summed E-state index contributed by atoms with van der Waals surface area (Å²) >= 11 is 0. The fourth-order valence-corrected chi connectivity index (χ4v) is 7.18. The van der Waals surface area contributed by atoms with Crippen LogP contribution in [-0.2, 0) is 4.79 Å². The van der Waals surface area contributed by atoms with Gasteiger partial charge >= 0.3 is 0 Å². The molecule has 4 heteroatoms. The minimum absolute atomic E-state index is 0.268. The molecule has 5 unspecified atom stereocenters. The van der Waals surface area contributed by atoms with Crippen LogP contribution in [0.4, 0.5) is 0 Å². The Morgan fingerprint density at radius 3 is 2.12 bits per heavy atom. The summed E-state index contributed by atoms with van der Waals surface area (Å²) in [7, 11) is 0. The van der Waals surface area contributed by atoms with Crippen LogP contribution < -0.4 is 5.73 Å². The van der Waals surface area contributed by atoms with Gasteiger partial charge < -0.3 is 10.6 Å². The van der Waals surface area contributed by atoms with Crippen LogP contribution in [0.15, 0.2) is 0 Å². The summed E-state index contributed by atoms with van der Waals surface area (Å²) in [6.45, 7) is 4.15. The van der Waals surface area contributed by atoms with Gasteiger partial charge in [-0.1, -0.05) is 12.8 Å². The van der Waals surface area contributed by atoms with Crippen LogP contribution in [0.2, 0.25) is 0 Å². The first-order chi connectivity index (χ1) is 12.2. The minimum atomic E-state index is 0.268. The molecular formula is C21H35N3O. The highest BCUT2D eigenvalue weighted by atomic mass is 16.2. The quantitative estimate of drug-likeness (QED) is 0.836. The molecule has 1 aliphatic heterocycles. The molecule has 0 spiro atoms. The lowest BCUT2D eigenvalue weighted by Gasteiger charge is -2.46. The second-order valence-electron chi connectivity index (χ2n) is 9.80. The van der Waals surface area contributed by atoms with Gasteiger partial charge in [0, 0.05) is 44.2 Å². The summed E-state index contributed by atoms with van der Waals surface area (Å²) < 4.78 is 0. The van der Waals surface area contributed by atoms with Crippen molar-refractivity contribution in [1.29, 1.82) is 0 Å². The molecule has 0 radical (unpaired) electrons. The monoisotopic (exact) mass is 345 g/mol. The topological polar surface area (TPSA) is 49.6 Å². The summed E-state index contributed by atoms with van der Waals surface area (Å²) in [6.07, 6.45) is 11.8. The van der Waals surface area contributed by atoms with Gasteiger partial charge in [-0.15, -0.1) is 0 Å². The van der Waals surface area contributed by atoms with Gasteiger partial charge in [-0.3, -0.25) is 9.69 Å². The summed E-state index contributed by atoms with van der Waals surface area (Å²) in [5.41, 5.74) is 6.41. The third-order valence-corrected chi connectivity index (χ3v) is 8.56. The highest BCUT2D eigenvalue weighted by Crippen LogP contribution is 2.47. The molecule has 4 aliphatic carbocycles. The summed E-state index contributed by atoms with van der Waals surface area (Å²) in [6, 6.07) is 1.20. The first kappa shape index (κ1) is 16.6. The predicted molar refractivity (Wildman–Crippen MR) is 98.9 cm³/mol. The zero-order valence-corrected chi connectivity index (χ0v) is 15.6. The number of amides is 1. The van der Waals surface area contributed by atoms with Crippen molar-refractivity contribution in [3.63, 3.8) is 0 Å². The average molecular weight is 346 g/mol. The lowest BCUT2D eigenvalue weighted by Crippen LogP contribution is -2.55. The summed E-state index contributed by atoms with van der Waals surface area (Å²) in [5.74, 6) is 3.92. The second kappa shape index (κ2) is 6.53. The number of piperazine rings is 1. The summed E-state index contributed by atoms with van der Waals surface area (Å²) in [5, 5.41) is 0. The van der Waals surface area contributed by atoms with Gasteiger partial charge in [-0.25, -0.2) is 0 Å². The lowest BCUT2D eigenvalue weighted by molar-refractivity contribution is -0.140. The maximum atomic E-state index is 13.1. The van der Waals surface area contributed by atoms with Crippen molar-refractivity contribution < 1.29 is 4.79 Å². The van der Waals surface area contributed by atoms with Gasteiger partial charge in [0.25, 0.3) is 0 Å². The predicted octanol–water partition coefficient (Wildman–Crippen LogP) is 2.47. The lowest BCUT2D eigenvalue weighted by atomic mass is 9.65. The number of rotatable bonds is 2. The number of nitrogens with two attached hydrogens (primary N) is 1. The van der Waals surface area contributed by atoms with Crippen LogP contribution in [0.25, 0.3) is 0 Å². The van der Waals surface area contributed by atoms with Gasteiger partial charge in [0.15, 0.2) is 0 Å². The van der Waals surface area contributed by atoms with E-state index < -0.39 is 0 Å². The normalized spacial score (nSPS) is 47.2. The molecule has 4 saturated carbocycles. The maximum Gasteiger partial charge on any atom is 0.225 e. The van der Waals surface area contributed by atoms with Crippen LogP contribution in [0.1, 0.15) is 57.8 Å². The molecule has 0 aromatic rings. The standard InChI is InChI=1S/C21H35N3O/c22-20-16-2-1-3-17(20)13-18(12-16)21(25)24-8-6-23(7-9-24)19-11-14-4-5-15(19)10-14/h14-20H,1-13,22H2. The number of carbonyl (C=O) groups excluding carboxylic acids is 1. The molecule has 4 bridgehead atoms. The Morgan fingerprint density at radius 2 is 1.52 bits per heavy atom. The number of carbonyl (C=O) groups is 1. The zero-order valence-electron chi connectivity index (χ0n) is 15.6. The number of hydrogen-bond acceptors (Lipinski definition) is 3. The molecule has 0 aromatic carbocycles. The van der Waals surface area contributed by atoms with Crippen LogP contribution in [0.3, 0.4) is 0 Å². The summed E-state index contributed by atoms with van der Waals surface area (Å²) in [4.78, 5) is 18.0. The smallest absolute Gasteiger partial charge is 0.225 e. The van der Waals surface area contributed by atoms with Crippen LogP contribution in [-0.4, -0.2) is 54.0 Å². The fraction of sp³-hybridized carbons (Fsp3) is 0.952. The Balaban J connectivity index is 1.16. The third-order valence-electron chi connectivity index (χ3n) is 8.56. The Morgan fingerprint density at radius 1 is 0.800 bits per heavy atom. The minimum Gasteiger partial charge on any atom is -0.340 e. The van der Waals surface area contributed by atoms with E-state index in [9.17, 15) is 4.79 Å². The van der Waals surface area contributed by atoms with Crippen LogP contribution in [0, 0.1) is 29.6 Å². The molecule has 1 heterocycles. The molecule has 5 rings (SSSR count). The molecule has 5 aliphatic rings. The van der Waals surface area contributed by atoms with Gasteiger partial charge in [-0.05, 0) is 68.6 Å². The zero-order chi connectivity index (χ0) is 17.0. The number of nitrogens with zero attached hydrogens (tertiary/aromatic N) is 2. The van der Waals surface area contributed by atoms with Crippen molar-refractivity contribution in [2.24, 2.45) is 35.3 Å². The van der Waals surface area contributed by atoms with Gasteiger partial charge in [0.1, 0.15) is 0 Å². The van der Waals surface area contributed by atoms with Crippen molar-refractivity contribution in [3.05, 3.63) is 0 Å². The van der Waals surface area contributed by atoms with Gasteiger partial charge in [-0.2, -0.15) is 0 Å². The van der Waals surface area contributed by atoms with E-state index >= 15 is 0 Å². The molecule has 5 fully saturated rings. The van der Waals surface area contributed by atoms with Crippen LogP contribution in [0.5, 0.6) is 0 Å².